The first-order valence-electron chi connectivity index (χ1n) is 11.3. The second kappa shape index (κ2) is 15.6. The fourth-order valence-corrected chi connectivity index (χ4v) is 5.98. The van der Waals surface area contributed by atoms with Crippen molar-refractivity contribution in [3.8, 4) is 11.5 Å². The molecule has 0 spiro atoms. The molecule has 7 heteroatoms. The number of para-hydroxylation sites is 1. The van der Waals surface area contributed by atoms with E-state index in [1.165, 1.54) is 10.6 Å². The van der Waals surface area contributed by atoms with Crippen LogP contribution in [0.1, 0.15) is 0 Å². The van der Waals surface area contributed by atoms with Crippen LogP contribution in [0.15, 0.2) is 146 Å². The van der Waals surface area contributed by atoms with Gasteiger partial charge in [0.2, 0.25) is 0 Å². The van der Waals surface area contributed by atoms with Crippen LogP contribution in [0.5, 0.6) is 11.5 Å². The molecule has 0 aliphatic rings. The average Bonchev–Trinajstić information content (AvgIpc) is 2.94. The maximum atomic E-state index is 9.82. The van der Waals surface area contributed by atoms with Crippen LogP contribution in [0.2, 0.25) is 0 Å². The first-order valence-corrected chi connectivity index (χ1v) is 14.2. The third-order valence-electron chi connectivity index (χ3n) is 4.86. The van der Waals surface area contributed by atoms with Crippen LogP contribution in [0, 0.1) is 0 Å². The molecule has 1 atom stereocenters. The molecule has 5 aromatic rings. The summed E-state index contributed by atoms with van der Waals surface area (Å²) >= 11 is 5.37. The topological polar surface area (TPSA) is 38.7 Å². The molecule has 192 valence electrons. The van der Waals surface area contributed by atoms with E-state index in [0.717, 1.165) is 15.5 Å². The van der Waals surface area contributed by atoms with E-state index in [1.54, 1.807) is 0 Å². The number of halogens is 1. The van der Waals surface area contributed by atoms with Gasteiger partial charge in [-0.2, -0.15) is 0 Å². The Morgan fingerprint density at radius 2 is 0.919 bits per heavy atom. The number of hydrogen-bond donors (Lipinski definition) is 1. The van der Waals surface area contributed by atoms with E-state index in [2.05, 4.69) is 24.3 Å². The van der Waals surface area contributed by atoms with Gasteiger partial charge in [-0.05, 0) is 24.3 Å². The first kappa shape index (κ1) is 28.9. The molecule has 0 amide bonds. The van der Waals surface area contributed by atoms with Crippen LogP contribution < -0.4 is 29.4 Å². The average molecular weight is 595 g/mol. The van der Waals surface area contributed by atoms with E-state index in [1.807, 2.05) is 121 Å². The van der Waals surface area contributed by atoms with Gasteiger partial charge in [0.25, 0.3) is 8.38 Å². The molecule has 37 heavy (non-hydrogen) atoms. The number of hydrogen-bond acceptors (Lipinski definition) is 3. The Morgan fingerprint density at radius 3 is 1.41 bits per heavy atom. The quantitative estimate of drug-likeness (QED) is 0.175. The van der Waals surface area contributed by atoms with Gasteiger partial charge < -0.3 is 9.42 Å². The molecule has 5 aromatic carbocycles. The van der Waals surface area contributed by atoms with Crippen LogP contribution in [-0.2, 0) is 16.0 Å². The summed E-state index contributed by atoms with van der Waals surface area (Å²) in [5.41, 5.74) is 0. The summed E-state index contributed by atoms with van der Waals surface area (Å²) in [4.78, 5) is 9.82. The van der Waals surface area contributed by atoms with Gasteiger partial charge in [0.15, 0.2) is 0 Å². The van der Waals surface area contributed by atoms with Crippen molar-refractivity contribution in [3.63, 3.8) is 0 Å². The van der Waals surface area contributed by atoms with Crippen LogP contribution in [0.25, 0.3) is 0 Å². The molecule has 3 nitrogen and oxygen atoms in total. The predicted molar refractivity (Wildman–Crippen MR) is 155 cm³/mol. The zero-order chi connectivity index (χ0) is 25.0. The zero-order valence-corrected chi connectivity index (χ0v) is 23.3. The summed E-state index contributed by atoms with van der Waals surface area (Å²) in [5.74, 6) is 1.51. The first-order chi connectivity index (χ1) is 17.7. The third kappa shape index (κ3) is 9.29. The molecule has 0 aliphatic carbocycles. The molecule has 0 fully saturated rings. The second-order valence-electron chi connectivity index (χ2n) is 7.48. The Kier molecular flexibility index (Phi) is 12.1. The van der Waals surface area contributed by atoms with Gasteiger partial charge in [0, 0.05) is 5.30 Å². The molecule has 0 heterocycles. The van der Waals surface area contributed by atoms with E-state index in [4.69, 9.17) is 25.1 Å². The molecule has 0 saturated carbocycles. The van der Waals surface area contributed by atoms with Crippen molar-refractivity contribution < 1.29 is 30.0 Å². The Morgan fingerprint density at radius 1 is 0.486 bits per heavy atom. The molecule has 5 rings (SSSR count). The molecule has 0 aliphatic heterocycles. The molecular formula is C30H26ClCuO3P2. The van der Waals surface area contributed by atoms with Gasteiger partial charge in [-0.15, -0.1) is 12.4 Å². The van der Waals surface area contributed by atoms with Crippen molar-refractivity contribution in [2.24, 2.45) is 0 Å². The molecule has 0 aromatic heterocycles. The molecular weight excluding hydrogens is 569 g/mol. The second-order valence-corrected chi connectivity index (χ2v) is 11.1. The Hall–Kier alpha value is -2.67. The minimum absolute atomic E-state index is 0. The van der Waals surface area contributed by atoms with Crippen molar-refractivity contribution >= 4 is 49.3 Å². The fourth-order valence-electron chi connectivity index (χ4n) is 3.18. The van der Waals surface area contributed by atoms with Crippen molar-refractivity contribution in [2.75, 3.05) is 0 Å². The van der Waals surface area contributed by atoms with Crippen molar-refractivity contribution in [1.82, 2.24) is 0 Å². The van der Waals surface area contributed by atoms with E-state index < -0.39 is 16.5 Å². The predicted octanol–water partition coefficient (Wildman–Crippen LogP) is 6.40. The molecule has 1 N–H and O–H groups in total. The van der Waals surface area contributed by atoms with E-state index in [9.17, 15) is 4.89 Å². The molecule has 0 bridgehead atoms. The summed E-state index contributed by atoms with van der Waals surface area (Å²) in [7, 11) is -2.44. The molecule has 0 saturated heterocycles. The summed E-state index contributed by atoms with van der Waals surface area (Å²) in [5, 5.41) is 3.19. The van der Waals surface area contributed by atoms with Gasteiger partial charge in [0.1, 0.15) is 5.75 Å². The van der Waals surface area contributed by atoms with Gasteiger partial charge in [0.05, 0.1) is 0 Å². The monoisotopic (exact) mass is 594 g/mol. The van der Waals surface area contributed by atoms with E-state index >= 15 is 0 Å². The summed E-state index contributed by atoms with van der Waals surface area (Å²) < 4.78 is 12.5. The third-order valence-corrected chi connectivity index (χ3v) is 8.21. The normalized spacial score (nSPS) is 10.9. The standard InChI is InChI=1S/C18H14OP.C12H11O2P.ClH.Cu/c1-4-10-16(11-5-1)19-20(17-12-6-2-7-13-17)18-14-8-3-9-15-18;13-15(12-9-5-2-6-10-12)14-11-7-3-1-4-8-11;;/h1-4,6-15H;1-10,13H;1H;. The Balaban J connectivity index is 0.000000211. The number of rotatable bonds is 7. The van der Waals surface area contributed by atoms with Gasteiger partial charge in [-0.1, -0.05) is 36.4 Å². The number of benzene rings is 5. The van der Waals surface area contributed by atoms with E-state index in [-0.39, 0.29) is 12.4 Å². The van der Waals surface area contributed by atoms with E-state index in [0.29, 0.717) is 5.75 Å². The summed E-state index contributed by atoms with van der Waals surface area (Å²) in [6.45, 7) is 0. The fraction of sp³-hybridized carbons (Fsp3) is 0. The maximum absolute atomic E-state index is 9.82. The van der Waals surface area contributed by atoms with Crippen molar-refractivity contribution in [3.05, 3.63) is 146 Å². The SMILES string of the molecule is Cl.OP(Oc1ccccc1)c1ccccc1.[Cu][c]1cccc(OP(c2ccccc2)c2ccccc2)c1. The Bertz CT molecular complexity index is 1270. The summed E-state index contributed by atoms with van der Waals surface area (Å²) in [6.07, 6.45) is 0. The van der Waals surface area contributed by atoms with Gasteiger partial charge in [-0.25, -0.2) is 0 Å². The van der Waals surface area contributed by atoms with Crippen LogP contribution in [-0.4, -0.2) is 4.89 Å². The van der Waals surface area contributed by atoms with Crippen molar-refractivity contribution in [1.29, 1.82) is 0 Å². The van der Waals surface area contributed by atoms with Crippen LogP contribution in [0.3, 0.4) is 0 Å². The minimum atomic E-state index is -1.55. The Labute approximate surface area is 235 Å². The molecule has 1 unspecified atom stereocenters. The van der Waals surface area contributed by atoms with Gasteiger partial charge in [-0.3, -0.25) is 0 Å². The zero-order valence-electron chi connectivity index (χ0n) is 19.7. The molecule has 0 radical (unpaired) electrons. The van der Waals surface area contributed by atoms with Crippen molar-refractivity contribution in [2.45, 2.75) is 0 Å². The van der Waals surface area contributed by atoms with Gasteiger partial charge >= 0.3 is 134 Å². The summed E-state index contributed by atoms with van der Waals surface area (Å²) in [6, 6.07) is 47.0. The van der Waals surface area contributed by atoms with Crippen LogP contribution in [0.4, 0.5) is 0 Å². The van der Waals surface area contributed by atoms with Crippen LogP contribution >= 0.6 is 28.9 Å².